The molecule has 0 spiro atoms. The van der Waals surface area contributed by atoms with Crippen LogP contribution in [0.15, 0.2) is 12.2 Å². The lowest BCUT2D eigenvalue weighted by Gasteiger charge is -1.79. The minimum absolute atomic E-state index is 0.176. The zero-order chi connectivity index (χ0) is 10.7. The summed E-state index contributed by atoms with van der Waals surface area (Å²) in [6.07, 6.45) is 0. The summed E-state index contributed by atoms with van der Waals surface area (Å²) < 4.78 is 0. The van der Waals surface area contributed by atoms with Gasteiger partial charge >= 0.3 is 12.0 Å². The number of amides is 2. The van der Waals surface area contributed by atoms with Crippen molar-refractivity contribution in [1.82, 2.24) is 0 Å². The summed E-state index contributed by atoms with van der Waals surface area (Å²) in [4.78, 5) is 26.6. The first-order chi connectivity index (χ1) is 5.37. The first-order valence-electron chi connectivity index (χ1n) is 2.60. The number of hydrogen-bond acceptors (Lipinski definition) is 3. The predicted octanol–water partition coefficient (Wildman–Crippen LogP) is -0.514. The van der Waals surface area contributed by atoms with Crippen LogP contribution in [0, 0.1) is 0 Å². The molecular formula is C6H12N2O4. The number of carboxylic acid groups (broad SMARTS) is 1. The monoisotopic (exact) mass is 176 g/mol. The minimum atomic E-state index is -0.935. The van der Waals surface area contributed by atoms with Gasteiger partial charge < -0.3 is 21.4 Å². The maximum absolute atomic E-state index is 9.60. The number of carbonyl (C=O) groups excluding carboxylic acids is 2. The van der Waals surface area contributed by atoms with E-state index in [1.54, 1.807) is 0 Å². The van der Waals surface area contributed by atoms with Gasteiger partial charge in [0.05, 0.1) is 0 Å². The van der Waals surface area contributed by atoms with Gasteiger partial charge in [0.1, 0.15) is 6.79 Å². The number of aliphatic carboxylic acids is 1. The molecule has 6 heteroatoms. The van der Waals surface area contributed by atoms with Crippen LogP contribution in [0.5, 0.6) is 0 Å². The van der Waals surface area contributed by atoms with Crippen molar-refractivity contribution in [3.63, 3.8) is 0 Å². The summed E-state index contributed by atoms with van der Waals surface area (Å²) in [6.45, 7) is 6.60. The van der Waals surface area contributed by atoms with Crippen molar-refractivity contribution >= 4 is 18.8 Å². The fraction of sp³-hybridized carbons (Fsp3) is 0.167. The Morgan fingerprint density at radius 3 is 1.33 bits per heavy atom. The standard InChI is InChI=1S/C4H6O2.CH4N2O.CH2O/c1-3(2)4(5)6;2-1(3)4;1-2/h1H2,2H3,(H,5,6);(H4,2,3,4);1H2. The quantitative estimate of drug-likeness (QED) is 0.465. The molecule has 2 amide bonds. The average molecular weight is 176 g/mol. The van der Waals surface area contributed by atoms with Gasteiger partial charge in [-0.1, -0.05) is 6.58 Å². The molecule has 12 heavy (non-hydrogen) atoms. The summed E-state index contributed by atoms with van der Waals surface area (Å²) in [6, 6.07) is -0.833. The average Bonchev–Trinajstić information content (AvgIpc) is 1.90. The second-order valence-electron chi connectivity index (χ2n) is 1.49. The van der Waals surface area contributed by atoms with Crippen LogP contribution < -0.4 is 11.5 Å². The molecule has 0 aromatic rings. The van der Waals surface area contributed by atoms with E-state index in [1.807, 2.05) is 6.79 Å². The number of primary amides is 2. The molecule has 5 N–H and O–H groups in total. The third-order valence-corrected chi connectivity index (χ3v) is 0.365. The molecule has 0 aliphatic heterocycles. The van der Waals surface area contributed by atoms with E-state index in [4.69, 9.17) is 14.7 Å². The highest BCUT2D eigenvalue weighted by molar-refractivity contribution is 5.84. The van der Waals surface area contributed by atoms with Gasteiger partial charge in [-0.3, -0.25) is 0 Å². The highest BCUT2D eigenvalue weighted by atomic mass is 16.4. The molecular weight excluding hydrogens is 164 g/mol. The lowest BCUT2D eigenvalue weighted by Crippen LogP contribution is -2.18. The highest BCUT2D eigenvalue weighted by Gasteiger charge is 1.90. The minimum Gasteiger partial charge on any atom is -0.478 e. The summed E-state index contributed by atoms with van der Waals surface area (Å²) in [7, 11) is 0. The van der Waals surface area contributed by atoms with Crippen LogP contribution in [-0.4, -0.2) is 23.9 Å². The van der Waals surface area contributed by atoms with Crippen LogP contribution in [0.1, 0.15) is 6.92 Å². The largest absolute Gasteiger partial charge is 0.478 e. The van der Waals surface area contributed by atoms with Crippen molar-refractivity contribution in [3.05, 3.63) is 12.2 Å². The fourth-order valence-electron chi connectivity index (χ4n) is 0. The van der Waals surface area contributed by atoms with Crippen LogP contribution >= 0.6 is 0 Å². The first kappa shape index (κ1) is 16.6. The van der Waals surface area contributed by atoms with Crippen LogP contribution in [0.3, 0.4) is 0 Å². The predicted molar refractivity (Wildman–Crippen MR) is 43.3 cm³/mol. The topological polar surface area (TPSA) is 123 Å². The summed E-state index contributed by atoms with van der Waals surface area (Å²) in [5.41, 5.74) is 8.68. The van der Waals surface area contributed by atoms with Crippen LogP contribution in [0.2, 0.25) is 0 Å². The smallest absolute Gasteiger partial charge is 0.330 e. The van der Waals surface area contributed by atoms with Crippen molar-refractivity contribution in [2.45, 2.75) is 6.92 Å². The van der Waals surface area contributed by atoms with Crippen molar-refractivity contribution in [2.24, 2.45) is 11.5 Å². The first-order valence-corrected chi connectivity index (χ1v) is 2.60. The number of carbonyl (C=O) groups is 3. The van der Waals surface area contributed by atoms with Crippen molar-refractivity contribution in [2.75, 3.05) is 0 Å². The van der Waals surface area contributed by atoms with Crippen LogP contribution in [-0.2, 0) is 9.59 Å². The molecule has 0 aliphatic rings. The summed E-state index contributed by atoms with van der Waals surface area (Å²) in [5.74, 6) is -0.935. The molecule has 0 aliphatic carbocycles. The molecule has 70 valence electrons. The van der Waals surface area contributed by atoms with E-state index in [-0.39, 0.29) is 5.57 Å². The maximum atomic E-state index is 9.60. The second kappa shape index (κ2) is 11.9. The SMILES string of the molecule is C=C(C)C(=O)O.C=O.NC(N)=O. The normalized spacial score (nSPS) is 6.08. The molecule has 0 heterocycles. The van der Waals surface area contributed by atoms with Crippen LogP contribution in [0.4, 0.5) is 4.79 Å². The van der Waals surface area contributed by atoms with Crippen molar-refractivity contribution < 1.29 is 19.5 Å². The summed E-state index contributed by atoms with van der Waals surface area (Å²) >= 11 is 0. The Hall–Kier alpha value is -1.85. The zero-order valence-corrected chi connectivity index (χ0v) is 6.74. The van der Waals surface area contributed by atoms with Crippen LogP contribution in [0.25, 0.3) is 0 Å². The molecule has 0 radical (unpaired) electrons. The van der Waals surface area contributed by atoms with Gasteiger partial charge in [0.25, 0.3) is 0 Å². The Labute approximate surface area is 69.8 Å². The molecule has 0 saturated carbocycles. The number of urea groups is 1. The number of carboxylic acids is 1. The third-order valence-electron chi connectivity index (χ3n) is 0.365. The molecule has 0 rings (SSSR count). The molecule has 0 aromatic heterocycles. The highest BCUT2D eigenvalue weighted by Crippen LogP contribution is 1.81. The van der Waals surface area contributed by atoms with Gasteiger partial charge in [0.15, 0.2) is 0 Å². The van der Waals surface area contributed by atoms with E-state index >= 15 is 0 Å². The lowest BCUT2D eigenvalue weighted by atomic mass is 10.4. The molecule has 0 aromatic carbocycles. The lowest BCUT2D eigenvalue weighted by molar-refractivity contribution is -0.132. The van der Waals surface area contributed by atoms with Gasteiger partial charge in [-0.05, 0) is 6.92 Å². The zero-order valence-electron chi connectivity index (χ0n) is 6.74. The second-order valence-corrected chi connectivity index (χ2v) is 1.49. The molecule has 0 atom stereocenters. The van der Waals surface area contributed by atoms with Crippen molar-refractivity contribution in [3.8, 4) is 0 Å². The summed E-state index contributed by atoms with van der Waals surface area (Å²) in [5, 5.41) is 7.89. The van der Waals surface area contributed by atoms with E-state index < -0.39 is 12.0 Å². The Morgan fingerprint density at radius 1 is 1.25 bits per heavy atom. The third kappa shape index (κ3) is 90.1. The molecule has 0 fully saturated rings. The van der Waals surface area contributed by atoms with Gasteiger partial charge in [-0.2, -0.15) is 0 Å². The fourth-order valence-corrected chi connectivity index (χ4v) is 0. The Morgan fingerprint density at radius 2 is 1.33 bits per heavy atom. The number of rotatable bonds is 1. The van der Waals surface area contributed by atoms with E-state index in [0.29, 0.717) is 0 Å². The maximum Gasteiger partial charge on any atom is 0.330 e. The molecule has 0 bridgehead atoms. The number of hydrogen-bond donors (Lipinski definition) is 3. The van der Waals surface area contributed by atoms with Gasteiger partial charge in [0.2, 0.25) is 0 Å². The van der Waals surface area contributed by atoms with E-state index in [9.17, 15) is 4.79 Å². The van der Waals surface area contributed by atoms with E-state index in [2.05, 4.69) is 18.0 Å². The Bertz CT molecular complexity index is 151. The van der Waals surface area contributed by atoms with Gasteiger partial charge in [0, 0.05) is 5.57 Å². The van der Waals surface area contributed by atoms with E-state index in [0.717, 1.165) is 0 Å². The Kier molecular flexibility index (Phi) is 16.5. The Balaban J connectivity index is -0.000000118. The molecule has 0 saturated heterocycles. The molecule has 6 nitrogen and oxygen atoms in total. The molecule has 0 unspecified atom stereocenters. The van der Waals surface area contributed by atoms with E-state index in [1.165, 1.54) is 6.92 Å². The van der Waals surface area contributed by atoms with Gasteiger partial charge in [-0.25, -0.2) is 9.59 Å². The van der Waals surface area contributed by atoms with Crippen molar-refractivity contribution in [1.29, 1.82) is 0 Å². The van der Waals surface area contributed by atoms with Gasteiger partial charge in [-0.15, -0.1) is 0 Å². The number of nitrogens with two attached hydrogens (primary N) is 2.